The molecule has 3 aromatic rings. The summed E-state index contributed by atoms with van der Waals surface area (Å²) in [6.07, 6.45) is 1.69. The molecule has 8 heteroatoms. The smallest absolute Gasteiger partial charge is 0.257 e. The highest BCUT2D eigenvalue weighted by molar-refractivity contribution is 7.18. The normalized spacial score (nSPS) is 10.6. The monoisotopic (exact) mass is 370 g/mol. The number of carbonyl (C=O) groups is 1. The van der Waals surface area contributed by atoms with Crippen molar-refractivity contribution < 1.29 is 14.3 Å². The number of carbonyl (C=O) groups excluding carboxylic acids is 1. The summed E-state index contributed by atoms with van der Waals surface area (Å²) in [7, 11) is 1.54. The molecule has 0 fully saturated rings. The average molecular weight is 370 g/mol. The van der Waals surface area contributed by atoms with Gasteiger partial charge in [0.2, 0.25) is 5.13 Å². The SMILES string of the molecule is COc1cc(C(=O)Nc2nnc(-c3ccccn3)s2)ccc1OC(C)C. The molecule has 0 atom stereocenters. The van der Waals surface area contributed by atoms with Crippen LogP contribution in [0.25, 0.3) is 10.7 Å². The number of hydrogen-bond donors (Lipinski definition) is 1. The molecule has 1 aromatic carbocycles. The Hall–Kier alpha value is -3.00. The van der Waals surface area contributed by atoms with Gasteiger partial charge < -0.3 is 9.47 Å². The van der Waals surface area contributed by atoms with Gasteiger partial charge in [-0.2, -0.15) is 0 Å². The maximum absolute atomic E-state index is 12.5. The van der Waals surface area contributed by atoms with Crippen LogP contribution in [0.4, 0.5) is 5.13 Å². The number of methoxy groups -OCH3 is 1. The Balaban J connectivity index is 1.75. The second-order valence-electron chi connectivity index (χ2n) is 5.61. The number of aromatic nitrogens is 3. The third kappa shape index (κ3) is 4.15. The molecule has 0 bridgehead atoms. The van der Waals surface area contributed by atoms with Gasteiger partial charge in [-0.25, -0.2) is 0 Å². The summed E-state index contributed by atoms with van der Waals surface area (Å²) < 4.78 is 11.0. The molecular formula is C18H18N4O3S. The van der Waals surface area contributed by atoms with Crippen molar-refractivity contribution in [2.45, 2.75) is 20.0 Å². The molecule has 2 heterocycles. The quantitative estimate of drug-likeness (QED) is 0.713. The predicted molar refractivity (Wildman–Crippen MR) is 99.9 cm³/mol. The molecule has 0 aliphatic heterocycles. The topological polar surface area (TPSA) is 86.2 Å². The molecule has 26 heavy (non-hydrogen) atoms. The molecule has 0 unspecified atom stereocenters. The van der Waals surface area contributed by atoms with Crippen molar-refractivity contribution in [1.82, 2.24) is 15.2 Å². The molecule has 0 aliphatic rings. The highest BCUT2D eigenvalue weighted by Crippen LogP contribution is 2.30. The first-order chi connectivity index (χ1) is 12.6. The van der Waals surface area contributed by atoms with E-state index in [1.165, 1.54) is 18.4 Å². The summed E-state index contributed by atoms with van der Waals surface area (Å²) in [6, 6.07) is 10.6. The van der Waals surface area contributed by atoms with Gasteiger partial charge >= 0.3 is 0 Å². The van der Waals surface area contributed by atoms with Gasteiger partial charge in [-0.1, -0.05) is 17.4 Å². The molecule has 0 spiro atoms. The number of amides is 1. The number of rotatable bonds is 6. The van der Waals surface area contributed by atoms with Crippen LogP contribution < -0.4 is 14.8 Å². The maximum atomic E-state index is 12.5. The van der Waals surface area contributed by atoms with E-state index >= 15 is 0 Å². The van der Waals surface area contributed by atoms with E-state index in [9.17, 15) is 4.79 Å². The van der Waals surface area contributed by atoms with Gasteiger partial charge in [0.1, 0.15) is 5.69 Å². The van der Waals surface area contributed by atoms with Gasteiger partial charge in [0.25, 0.3) is 5.91 Å². The number of benzene rings is 1. The van der Waals surface area contributed by atoms with Crippen molar-refractivity contribution in [1.29, 1.82) is 0 Å². The summed E-state index contributed by atoms with van der Waals surface area (Å²) in [5.41, 5.74) is 1.15. The molecule has 0 aliphatic carbocycles. The molecule has 0 radical (unpaired) electrons. The molecule has 1 amide bonds. The van der Waals surface area contributed by atoms with Crippen LogP contribution in [0, 0.1) is 0 Å². The number of hydrogen-bond acceptors (Lipinski definition) is 7. The zero-order chi connectivity index (χ0) is 18.5. The highest BCUT2D eigenvalue weighted by atomic mass is 32.1. The highest BCUT2D eigenvalue weighted by Gasteiger charge is 2.15. The van der Waals surface area contributed by atoms with Crippen LogP contribution in [-0.4, -0.2) is 34.3 Å². The molecule has 134 valence electrons. The Morgan fingerprint density at radius 2 is 2.00 bits per heavy atom. The van der Waals surface area contributed by atoms with E-state index in [4.69, 9.17) is 9.47 Å². The maximum Gasteiger partial charge on any atom is 0.257 e. The van der Waals surface area contributed by atoms with Crippen LogP contribution in [0.3, 0.4) is 0 Å². The Bertz CT molecular complexity index is 896. The Morgan fingerprint density at radius 1 is 1.15 bits per heavy atom. The summed E-state index contributed by atoms with van der Waals surface area (Å²) in [5, 5.41) is 11.8. The fourth-order valence-electron chi connectivity index (χ4n) is 2.20. The lowest BCUT2D eigenvalue weighted by molar-refractivity contribution is 0.102. The first kappa shape index (κ1) is 17.8. The Labute approximate surface area is 155 Å². The molecular weight excluding hydrogens is 352 g/mol. The zero-order valence-electron chi connectivity index (χ0n) is 14.6. The lowest BCUT2D eigenvalue weighted by Gasteiger charge is -2.14. The van der Waals surface area contributed by atoms with Gasteiger partial charge in [0, 0.05) is 11.8 Å². The Kier molecular flexibility index (Phi) is 5.43. The Morgan fingerprint density at radius 3 is 2.69 bits per heavy atom. The van der Waals surface area contributed by atoms with Crippen LogP contribution in [0.15, 0.2) is 42.6 Å². The van der Waals surface area contributed by atoms with Crippen LogP contribution in [0.2, 0.25) is 0 Å². The number of pyridine rings is 1. The molecule has 0 saturated carbocycles. The molecule has 2 aromatic heterocycles. The first-order valence-electron chi connectivity index (χ1n) is 7.98. The molecule has 1 N–H and O–H groups in total. The second-order valence-corrected chi connectivity index (χ2v) is 6.59. The van der Waals surface area contributed by atoms with Crippen LogP contribution in [0.5, 0.6) is 11.5 Å². The van der Waals surface area contributed by atoms with E-state index in [0.717, 1.165) is 0 Å². The number of ether oxygens (including phenoxy) is 2. The minimum Gasteiger partial charge on any atom is -0.493 e. The lowest BCUT2D eigenvalue weighted by Crippen LogP contribution is -2.12. The second kappa shape index (κ2) is 7.92. The minimum atomic E-state index is -0.303. The molecule has 7 nitrogen and oxygen atoms in total. The van der Waals surface area contributed by atoms with Crippen molar-refractivity contribution in [2.75, 3.05) is 12.4 Å². The number of nitrogens with one attached hydrogen (secondary N) is 1. The van der Waals surface area contributed by atoms with Gasteiger partial charge in [0.05, 0.1) is 13.2 Å². The zero-order valence-corrected chi connectivity index (χ0v) is 15.4. The summed E-state index contributed by atoms with van der Waals surface area (Å²) in [5.74, 6) is 0.785. The molecule has 0 saturated heterocycles. The number of anilines is 1. The average Bonchev–Trinajstić information content (AvgIpc) is 3.10. The third-order valence-electron chi connectivity index (χ3n) is 3.32. The van der Waals surface area contributed by atoms with Gasteiger partial charge in [0.15, 0.2) is 16.5 Å². The summed E-state index contributed by atoms with van der Waals surface area (Å²) in [6.45, 7) is 3.85. The molecule has 3 rings (SSSR count). The fraction of sp³-hybridized carbons (Fsp3) is 0.222. The summed E-state index contributed by atoms with van der Waals surface area (Å²) >= 11 is 1.26. The number of nitrogens with zero attached hydrogens (tertiary/aromatic N) is 3. The van der Waals surface area contributed by atoms with Gasteiger partial charge in [-0.3, -0.25) is 15.1 Å². The van der Waals surface area contributed by atoms with E-state index in [1.54, 1.807) is 24.4 Å². The minimum absolute atomic E-state index is 0.00925. The van der Waals surface area contributed by atoms with E-state index in [2.05, 4.69) is 20.5 Å². The largest absolute Gasteiger partial charge is 0.493 e. The third-order valence-corrected chi connectivity index (χ3v) is 4.18. The van der Waals surface area contributed by atoms with Crippen LogP contribution in [-0.2, 0) is 0 Å². The van der Waals surface area contributed by atoms with Crippen LogP contribution in [0.1, 0.15) is 24.2 Å². The van der Waals surface area contributed by atoms with Crippen LogP contribution >= 0.6 is 11.3 Å². The first-order valence-corrected chi connectivity index (χ1v) is 8.79. The van der Waals surface area contributed by atoms with Crippen molar-refractivity contribution in [3.05, 3.63) is 48.2 Å². The van der Waals surface area contributed by atoms with Crippen molar-refractivity contribution in [3.63, 3.8) is 0 Å². The standard InChI is InChI=1S/C18H18N4O3S/c1-11(2)25-14-8-7-12(10-15(14)24-3)16(23)20-18-22-21-17(26-18)13-6-4-5-9-19-13/h4-11H,1-3H3,(H,20,22,23). The predicted octanol–water partition coefficient (Wildman–Crippen LogP) is 3.65. The van der Waals surface area contributed by atoms with Crippen molar-refractivity contribution in [3.8, 4) is 22.2 Å². The lowest BCUT2D eigenvalue weighted by atomic mass is 10.2. The van der Waals surface area contributed by atoms with E-state index in [1.807, 2.05) is 32.0 Å². The van der Waals surface area contributed by atoms with Crippen molar-refractivity contribution >= 4 is 22.4 Å². The van der Waals surface area contributed by atoms with E-state index in [0.29, 0.717) is 32.9 Å². The fourth-order valence-corrected chi connectivity index (χ4v) is 2.91. The van der Waals surface area contributed by atoms with E-state index in [-0.39, 0.29) is 12.0 Å². The van der Waals surface area contributed by atoms with E-state index < -0.39 is 0 Å². The van der Waals surface area contributed by atoms with Crippen molar-refractivity contribution in [2.24, 2.45) is 0 Å². The van der Waals surface area contributed by atoms with Gasteiger partial charge in [-0.05, 0) is 44.2 Å². The van der Waals surface area contributed by atoms with Gasteiger partial charge in [-0.15, -0.1) is 10.2 Å². The summed E-state index contributed by atoms with van der Waals surface area (Å²) in [4.78, 5) is 16.7.